The van der Waals surface area contributed by atoms with E-state index in [9.17, 15) is 4.39 Å². The molecule has 0 bridgehead atoms. The molecule has 0 aliphatic heterocycles. The van der Waals surface area contributed by atoms with Gasteiger partial charge in [-0.3, -0.25) is 0 Å². The molecule has 1 aromatic carbocycles. The van der Waals surface area contributed by atoms with Crippen molar-refractivity contribution in [1.29, 1.82) is 0 Å². The Morgan fingerprint density at radius 2 is 2.13 bits per heavy atom. The molecule has 1 aromatic rings. The molecule has 2 nitrogen and oxygen atoms in total. The van der Waals surface area contributed by atoms with Gasteiger partial charge in [0.25, 0.3) is 0 Å². The first-order valence-corrected chi connectivity index (χ1v) is 5.77. The highest BCUT2D eigenvalue weighted by Crippen LogP contribution is 2.38. The average Bonchev–Trinajstić information content (AvgIpc) is 2.22. The van der Waals surface area contributed by atoms with Gasteiger partial charge in [0.2, 0.25) is 0 Å². The standard InChI is InChI=1S/C8H5BrCl3FN2/c9-6-4(15-5(14)2-10)1-3(11)8(13)7(6)12/h1H,2H2,(H2,14,15). The van der Waals surface area contributed by atoms with Crippen LogP contribution in [0.15, 0.2) is 15.5 Å². The van der Waals surface area contributed by atoms with E-state index in [1.54, 1.807) is 0 Å². The Bertz CT molecular complexity index is 423. The molecular formula is C8H5BrCl3FN2. The Kier molecular flexibility index (Phi) is 4.64. The second-order valence-electron chi connectivity index (χ2n) is 2.56. The van der Waals surface area contributed by atoms with Gasteiger partial charge in [0.15, 0.2) is 5.82 Å². The van der Waals surface area contributed by atoms with Crippen LogP contribution in [0.4, 0.5) is 10.1 Å². The Morgan fingerprint density at radius 1 is 1.53 bits per heavy atom. The number of amidine groups is 1. The van der Waals surface area contributed by atoms with Gasteiger partial charge in [-0.25, -0.2) is 9.38 Å². The Labute approximate surface area is 109 Å². The lowest BCUT2D eigenvalue weighted by Gasteiger charge is -2.05. The van der Waals surface area contributed by atoms with Crippen molar-refractivity contribution in [3.05, 3.63) is 26.4 Å². The molecule has 0 aliphatic rings. The van der Waals surface area contributed by atoms with Crippen molar-refractivity contribution in [2.45, 2.75) is 0 Å². The van der Waals surface area contributed by atoms with Crippen LogP contribution in [0.1, 0.15) is 0 Å². The normalized spacial score (nSPS) is 11.9. The zero-order chi connectivity index (χ0) is 11.6. The van der Waals surface area contributed by atoms with Crippen LogP contribution in [0.25, 0.3) is 0 Å². The van der Waals surface area contributed by atoms with Gasteiger partial charge in [0.1, 0.15) is 5.84 Å². The monoisotopic (exact) mass is 332 g/mol. The van der Waals surface area contributed by atoms with Crippen LogP contribution in [-0.2, 0) is 0 Å². The number of aliphatic imine (C=N–C) groups is 1. The highest BCUT2D eigenvalue weighted by atomic mass is 79.9. The maximum atomic E-state index is 13.2. The molecule has 0 aliphatic carbocycles. The third kappa shape index (κ3) is 2.97. The Hall–Kier alpha value is -0.0300. The number of hydrogen-bond donors (Lipinski definition) is 1. The summed E-state index contributed by atoms with van der Waals surface area (Å²) < 4.78 is 13.5. The summed E-state index contributed by atoms with van der Waals surface area (Å²) in [7, 11) is 0. The summed E-state index contributed by atoms with van der Waals surface area (Å²) in [6.45, 7) is 0. The van der Waals surface area contributed by atoms with Crippen molar-refractivity contribution in [2.75, 3.05) is 5.88 Å². The van der Waals surface area contributed by atoms with E-state index in [1.165, 1.54) is 6.07 Å². The van der Waals surface area contributed by atoms with Gasteiger partial charge >= 0.3 is 0 Å². The summed E-state index contributed by atoms with van der Waals surface area (Å²) >= 11 is 19.8. The summed E-state index contributed by atoms with van der Waals surface area (Å²) in [6, 6.07) is 1.31. The number of hydrogen-bond acceptors (Lipinski definition) is 1. The van der Waals surface area contributed by atoms with Crippen LogP contribution in [0.2, 0.25) is 10.0 Å². The van der Waals surface area contributed by atoms with E-state index >= 15 is 0 Å². The molecule has 0 spiro atoms. The lowest BCUT2D eigenvalue weighted by Crippen LogP contribution is -2.12. The molecule has 1 rings (SSSR count). The predicted molar refractivity (Wildman–Crippen MR) is 66.1 cm³/mol. The van der Waals surface area contributed by atoms with Crippen LogP contribution in [0, 0.1) is 5.82 Å². The average molecular weight is 334 g/mol. The minimum absolute atomic E-state index is 0.0685. The molecule has 15 heavy (non-hydrogen) atoms. The Morgan fingerprint density at radius 3 is 2.67 bits per heavy atom. The third-order valence-corrected chi connectivity index (χ3v) is 3.42. The van der Waals surface area contributed by atoms with Crippen LogP contribution in [-0.4, -0.2) is 11.7 Å². The largest absolute Gasteiger partial charge is 0.386 e. The molecule has 0 amide bonds. The van der Waals surface area contributed by atoms with Gasteiger partial charge in [0, 0.05) is 0 Å². The topological polar surface area (TPSA) is 38.4 Å². The van der Waals surface area contributed by atoms with E-state index in [1.807, 2.05) is 0 Å². The molecule has 0 fully saturated rings. The second-order valence-corrected chi connectivity index (χ2v) is 4.40. The molecule has 2 N–H and O–H groups in total. The molecule has 0 saturated heterocycles. The molecule has 0 heterocycles. The number of alkyl halides is 1. The SMILES string of the molecule is NC(CCl)=Nc1cc(Cl)c(F)c(Cl)c1Br. The third-order valence-electron chi connectivity index (χ3n) is 1.48. The fourth-order valence-electron chi connectivity index (χ4n) is 0.826. The van der Waals surface area contributed by atoms with E-state index in [0.29, 0.717) is 10.2 Å². The number of benzene rings is 1. The van der Waals surface area contributed by atoms with Gasteiger partial charge in [-0.1, -0.05) is 23.2 Å². The molecule has 0 unspecified atom stereocenters. The van der Waals surface area contributed by atoms with Crippen LogP contribution in [0.5, 0.6) is 0 Å². The van der Waals surface area contributed by atoms with Crippen molar-refractivity contribution >= 4 is 62.3 Å². The highest BCUT2D eigenvalue weighted by molar-refractivity contribution is 9.10. The molecule has 7 heteroatoms. The minimum atomic E-state index is -0.700. The first-order chi connectivity index (χ1) is 6.97. The number of nitrogens with two attached hydrogens (primary N) is 1. The smallest absolute Gasteiger partial charge is 0.161 e. The summed E-state index contributed by atoms with van der Waals surface area (Å²) in [5.41, 5.74) is 5.77. The van der Waals surface area contributed by atoms with E-state index < -0.39 is 5.82 Å². The fraction of sp³-hybridized carbons (Fsp3) is 0.125. The summed E-state index contributed by atoms with van der Waals surface area (Å²) in [5.74, 6) is -0.441. The highest BCUT2D eigenvalue weighted by Gasteiger charge is 2.13. The summed E-state index contributed by atoms with van der Waals surface area (Å²) in [5, 5.41) is -0.257. The zero-order valence-electron chi connectivity index (χ0n) is 7.20. The van der Waals surface area contributed by atoms with Gasteiger partial charge < -0.3 is 5.73 Å². The van der Waals surface area contributed by atoms with Gasteiger partial charge in [-0.05, 0) is 22.0 Å². The van der Waals surface area contributed by atoms with Crippen molar-refractivity contribution in [2.24, 2.45) is 10.7 Å². The number of halogens is 5. The van der Waals surface area contributed by atoms with Crippen molar-refractivity contribution in [3.8, 4) is 0 Å². The summed E-state index contributed by atoms with van der Waals surface area (Å²) in [6.07, 6.45) is 0. The maximum absolute atomic E-state index is 13.2. The quantitative estimate of drug-likeness (QED) is 0.285. The molecule has 0 atom stereocenters. The molecule has 82 valence electrons. The minimum Gasteiger partial charge on any atom is -0.386 e. The maximum Gasteiger partial charge on any atom is 0.161 e. The van der Waals surface area contributed by atoms with E-state index in [0.717, 1.165) is 0 Å². The van der Waals surface area contributed by atoms with Gasteiger partial charge in [0.05, 0.1) is 26.1 Å². The van der Waals surface area contributed by atoms with Crippen molar-refractivity contribution in [3.63, 3.8) is 0 Å². The zero-order valence-corrected chi connectivity index (χ0v) is 11.1. The first kappa shape index (κ1) is 13.0. The van der Waals surface area contributed by atoms with Crippen LogP contribution < -0.4 is 5.73 Å². The van der Waals surface area contributed by atoms with Crippen LogP contribution >= 0.6 is 50.7 Å². The molecular weight excluding hydrogens is 329 g/mol. The fourth-order valence-corrected chi connectivity index (χ4v) is 1.71. The second kappa shape index (κ2) is 5.34. The van der Waals surface area contributed by atoms with Gasteiger partial charge in [-0.2, -0.15) is 0 Å². The molecule has 0 aromatic heterocycles. The molecule has 0 radical (unpaired) electrons. The van der Waals surface area contributed by atoms with E-state index in [2.05, 4.69) is 20.9 Å². The van der Waals surface area contributed by atoms with Crippen LogP contribution in [0.3, 0.4) is 0 Å². The number of rotatable bonds is 2. The van der Waals surface area contributed by atoms with E-state index in [4.69, 9.17) is 40.5 Å². The molecule has 0 saturated carbocycles. The van der Waals surface area contributed by atoms with Gasteiger partial charge in [-0.15, -0.1) is 11.6 Å². The number of nitrogens with zero attached hydrogens (tertiary/aromatic N) is 1. The summed E-state index contributed by atoms with van der Waals surface area (Å²) in [4.78, 5) is 3.92. The first-order valence-electron chi connectivity index (χ1n) is 3.69. The van der Waals surface area contributed by atoms with Crippen molar-refractivity contribution in [1.82, 2.24) is 0 Å². The Balaban J connectivity index is 3.33. The van der Waals surface area contributed by atoms with Crippen molar-refractivity contribution < 1.29 is 4.39 Å². The lowest BCUT2D eigenvalue weighted by atomic mass is 10.3. The van der Waals surface area contributed by atoms with E-state index in [-0.39, 0.29) is 21.8 Å². The lowest BCUT2D eigenvalue weighted by molar-refractivity contribution is 0.628. The predicted octanol–water partition coefficient (Wildman–Crippen LogP) is 4.12.